The van der Waals surface area contributed by atoms with Crippen molar-refractivity contribution >= 4 is 11.3 Å². The fraction of sp³-hybridized carbons (Fsp3) is 0.333. The number of thiazole rings is 1. The van der Waals surface area contributed by atoms with E-state index < -0.39 is 0 Å². The van der Waals surface area contributed by atoms with E-state index in [0.717, 1.165) is 5.01 Å². The second-order valence-corrected chi connectivity index (χ2v) is 4.86. The summed E-state index contributed by atoms with van der Waals surface area (Å²) in [6.07, 6.45) is 3.35. The molecule has 5 nitrogen and oxygen atoms in total. The van der Waals surface area contributed by atoms with Crippen LogP contribution in [0.1, 0.15) is 21.8 Å². The summed E-state index contributed by atoms with van der Waals surface area (Å²) in [4.78, 5) is 8.18. The number of pyridine rings is 1. The average molecular weight is 265 g/mol. The third-order valence-corrected chi connectivity index (χ3v) is 3.44. The molecule has 0 bridgehead atoms. The topological polar surface area (TPSA) is 78.3 Å². The molecule has 0 amide bonds. The van der Waals surface area contributed by atoms with Crippen LogP contribution in [-0.4, -0.2) is 20.2 Å². The molecule has 0 saturated carbocycles. The van der Waals surface area contributed by atoms with Crippen LogP contribution < -0.4 is 5.32 Å². The van der Waals surface area contributed by atoms with Crippen molar-refractivity contribution in [3.05, 3.63) is 39.6 Å². The maximum atomic E-state index is 9.94. The lowest BCUT2D eigenvalue weighted by molar-refractivity contribution is 0.278. The van der Waals surface area contributed by atoms with E-state index in [0.29, 0.717) is 29.9 Å². The maximum Gasteiger partial charge on any atom is 0.141 e. The molecule has 2 aromatic rings. The summed E-state index contributed by atoms with van der Waals surface area (Å²) >= 11 is 1.58. The van der Waals surface area contributed by atoms with Crippen LogP contribution in [0.25, 0.3) is 0 Å². The first-order valence-electron chi connectivity index (χ1n) is 5.58. The summed E-state index contributed by atoms with van der Waals surface area (Å²) in [6.45, 7) is 2.73. The van der Waals surface area contributed by atoms with Gasteiger partial charge in [-0.2, -0.15) is 0 Å². The van der Waals surface area contributed by atoms with Crippen LogP contribution in [0.2, 0.25) is 0 Å². The summed E-state index contributed by atoms with van der Waals surface area (Å²) in [5, 5.41) is 25.3. The summed E-state index contributed by atoms with van der Waals surface area (Å²) in [7, 11) is 0. The van der Waals surface area contributed by atoms with Gasteiger partial charge in [0.25, 0.3) is 0 Å². The Balaban J connectivity index is 2.06. The first-order valence-corrected chi connectivity index (χ1v) is 6.46. The second-order valence-electron chi connectivity index (χ2n) is 3.88. The van der Waals surface area contributed by atoms with Gasteiger partial charge in [-0.25, -0.2) is 4.98 Å². The molecule has 2 rings (SSSR count). The van der Waals surface area contributed by atoms with E-state index in [1.165, 1.54) is 0 Å². The van der Waals surface area contributed by atoms with Crippen LogP contribution in [0.4, 0.5) is 0 Å². The smallest absolute Gasteiger partial charge is 0.141 e. The highest BCUT2D eigenvalue weighted by molar-refractivity contribution is 7.09. The Morgan fingerprint density at radius 3 is 2.83 bits per heavy atom. The zero-order chi connectivity index (χ0) is 13.0. The van der Waals surface area contributed by atoms with Gasteiger partial charge in [0.2, 0.25) is 0 Å². The predicted molar refractivity (Wildman–Crippen MR) is 69.2 cm³/mol. The quantitative estimate of drug-likeness (QED) is 0.760. The molecular formula is C12H15N3O2S. The van der Waals surface area contributed by atoms with Gasteiger partial charge in [-0.05, 0) is 6.92 Å². The number of nitrogens with one attached hydrogen (secondary N) is 1. The Hall–Kier alpha value is -1.50. The van der Waals surface area contributed by atoms with Gasteiger partial charge in [0, 0.05) is 42.0 Å². The molecule has 96 valence electrons. The van der Waals surface area contributed by atoms with Crippen molar-refractivity contribution in [2.75, 3.05) is 0 Å². The average Bonchev–Trinajstić information content (AvgIpc) is 2.88. The SMILES string of the molecule is Cc1ncc(CO)c(CNCc2nccs2)c1O. The molecular weight excluding hydrogens is 250 g/mol. The van der Waals surface area contributed by atoms with Crippen molar-refractivity contribution < 1.29 is 10.2 Å². The molecule has 2 heterocycles. The predicted octanol–water partition coefficient (Wildman–Crippen LogP) is 1.33. The molecule has 0 radical (unpaired) electrons. The van der Waals surface area contributed by atoms with Gasteiger partial charge in [-0.15, -0.1) is 11.3 Å². The van der Waals surface area contributed by atoms with E-state index in [2.05, 4.69) is 15.3 Å². The van der Waals surface area contributed by atoms with Crippen LogP contribution in [0.3, 0.4) is 0 Å². The first kappa shape index (κ1) is 12.9. The van der Waals surface area contributed by atoms with Crippen LogP contribution in [-0.2, 0) is 19.7 Å². The minimum absolute atomic E-state index is 0.130. The fourth-order valence-corrected chi connectivity index (χ4v) is 2.24. The molecule has 18 heavy (non-hydrogen) atoms. The van der Waals surface area contributed by atoms with Gasteiger partial charge in [0.15, 0.2) is 0 Å². The van der Waals surface area contributed by atoms with Crippen LogP contribution >= 0.6 is 11.3 Å². The van der Waals surface area contributed by atoms with E-state index in [1.54, 1.807) is 30.7 Å². The van der Waals surface area contributed by atoms with Crippen molar-refractivity contribution in [2.45, 2.75) is 26.6 Å². The molecule has 0 saturated heterocycles. The Bertz CT molecular complexity index is 514. The Labute approximate surface area is 109 Å². The molecule has 0 spiro atoms. The molecule has 0 aliphatic heterocycles. The van der Waals surface area contributed by atoms with Crippen LogP contribution in [0, 0.1) is 6.92 Å². The van der Waals surface area contributed by atoms with E-state index in [9.17, 15) is 10.2 Å². The molecule has 2 aromatic heterocycles. The molecule has 0 aliphatic carbocycles. The van der Waals surface area contributed by atoms with Crippen LogP contribution in [0.15, 0.2) is 17.8 Å². The van der Waals surface area contributed by atoms with Crippen molar-refractivity contribution in [2.24, 2.45) is 0 Å². The monoisotopic (exact) mass is 265 g/mol. The summed E-state index contributed by atoms with van der Waals surface area (Å²) in [5.74, 6) is 0.146. The first-order chi connectivity index (χ1) is 8.72. The molecule has 0 aliphatic rings. The zero-order valence-electron chi connectivity index (χ0n) is 10.1. The van der Waals surface area contributed by atoms with Crippen molar-refractivity contribution in [3.63, 3.8) is 0 Å². The van der Waals surface area contributed by atoms with Gasteiger partial charge in [0.05, 0.1) is 12.3 Å². The van der Waals surface area contributed by atoms with Crippen molar-refractivity contribution in [1.29, 1.82) is 0 Å². The molecule has 3 N–H and O–H groups in total. The highest BCUT2D eigenvalue weighted by atomic mass is 32.1. The third-order valence-electron chi connectivity index (χ3n) is 2.66. The molecule has 0 fully saturated rings. The van der Waals surface area contributed by atoms with Crippen molar-refractivity contribution in [3.8, 4) is 5.75 Å². The highest BCUT2D eigenvalue weighted by Gasteiger charge is 2.10. The number of aromatic hydroxyl groups is 1. The lowest BCUT2D eigenvalue weighted by Crippen LogP contribution is -2.14. The lowest BCUT2D eigenvalue weighted by atomic mass is 10.1. The minimum atomic E-state index is -0.130. The van der Waals surface area contributed by atoms with E-state index in [-0.39, 0.29) is 12.4 Å². The molecule has 0 unspecified atom stereocenters. The molecule has 6 heteroatoms. The maximum absolute atomic E-state index is 9.94. The number of hydrogen-bond acceptors (Lipinski definition) is 6. The lowest BCUT2D eigenvalue weighted by Gasteiger charge is -2.11. The number of aromatic nitrogens is 2. The van der Waals surface area contributed by atoms with E-state index in [4.69, 9.17) is 0 Å². The number of hydrogen-bond donors (Lipinski definition) is 3. The largest absolute Gasteiger partial charge is 0.506 e. The standard InChI is InChI=1S/C12H15N3O2S/c1-8-12(17)10(9(7-16)4-15-8)5-13-6-11-14-2-3-18-11/h2-4,13,16-17H,5-7H2,1H3. The summed E-state index contributed by atoms with van der Waals surface area (Å²) < 4.78 is 0. The Morgan fingerprint density at radius 2 is 2.17 bits per heavy atom. The number of aliphatic hydroxyl groups is 1. The fourth-order valence-electron chi connectivity index (χ4n) is 1.65. The molecule has 0 aromatic carbocycles. The van der Waals surface area contributed by atoms with E-state index in [1.807, 2.05) is 5.38 Å². The van der Waals surface area contributed by atoms with Gasteiger partial charge >= 0.3 is 0 Å². The van der Waals surface area contributed by atoms with Crippen molar-refractivity contribution in [1.82, 2.24) is 15.3 Å². The van der Waals surface area contributed by atoms with Gasteiger partial charge < -0.3 is 15.5 Å². The number of rotatable bonds is 5. The minimum Gasteiger partial charge on any atom is -0.506 e. The normalized spacial score (nSPS) is 10.8. The second kappa shape index (κ2) is 5.90. The number of aliphatic hydroxyl groups excluding tert-OH is 1. The van der Waals surface area contributed by atoms with E-state index >= 15 is 0 Å². The Kier molecular flexibility index (Phi) is 4.24. The number of nitrogens with zero attached hydrogens (tertiary/aromatic N) is 2. The summed E-state index contributed by atoms with van der Waals surface area (Å²) in [6, 6.07) is 0. The molecule has 0 atom stereocenters. The van der Waals surface area contributed by atoms with Gasteiger partial charge in [-0.1, -0.05) is 0 Å². The van der Waals surface area contributed by atoms with Crippen LogP contribution in [0.5, 0.6) is 5.75 Å². The van der Waals surface area contributed by atoms with Gasteiger partial charge in [0.1, 0.15) is 10.8 Å². The number of aryl methyl sites for hydroxylation is 1. The van der Waals surface area contributed by atoms with Gasteiger partial charge in [-0.3, -0.25) is 4.98 Å². The Morgan fingerprint density at radius 1 is 1.33 bits per heavy atom. The third kappa shape index (κ3) is 2.84. The zero-order valence-corrected chi connectivity index (χ0v) is 10.9. The highest BCUT2D eigenvalue weighted by Crippen LogP contribution is 2.23. The summed E-state index contributed by atoms with van der Waals surface area (Å²) in [5.41, 5.74) is 1.91.